The lowest BCUT2D eigenvalue weighted by Gasteiger charge is -2.17. The summed E-state index contributed by atoms with van der Waals surface area (Å²) in [5.74, 6) is 1.94. The first-order valence-electron chi connectivity index (χ1n) is 36.9. The average Bonchev–Trinajstić information content (AvgIpc) is 1.03. The van der Waals surface area contributed by atoms with Crippen molar-refractivity contribution >= 4 is 91.0 Å². The van der Waals surface area contributed by atoms with Crippen LogP contribution in [0, 0.1) is 45.6 Å². The summed E-state index contributed by atoms with van der Waals surface area (Å²) < 4.78 is 37.8. The molecule has 11 nitrogen and oxygen atoms in total. The van der Waals surface area contributed by atoms with Crippen molar-refractivity contribution in [3.8, 4) is 0 Å². The van der Waals surface area contributed by atoms with Gasteiger partial charge in [-0.2, -0.15) is 4.39 Å². The van der Waals surface area contributed by atoms with Gasteiger partial charge in [0, 0.05) is 135 Å². The van der Waals surface area contributed by atoms with Crippen LogP contribution in [0.25, 0.3) is 0 Å². The molecule has 0 saturated heterocycles. The highest BCUT2D eigenvalue weighted by atomic mass is 35.5. The number of hydrogen-bond acceptors (Lipinski definition) is 17. The molecule has 0 aliphatic carbocycles. The van der Waals surface area contributed by atoms with E-state index in [2.05, 4.69) is 302 Å². The maximum absolute atomic E-state index is 12.9. The Kier molecular flexibility index (Phi) is 56.2. The Morgan fingerprint density at radius 2 is 0.897 bits per heavy atom. The molecule has 116 heavy (non-hydrogen) atoms. The number of thiophene rings is 3. The van der Waals surface area contributed by atoms with Gasteiger partial charge in [0.15, 0.2) is 5.13 Å². The number of rotatable bonds is 0. The zero-order valence-electron chi connectivity index (χ0n) is 73.8. The van der Waals surface area contributed by atoms with Crippen molar-refractivity contribution in [1.29, 1.82) is 0 Å². The Morgan fingerprint density at radius 3 is 1.10 bits per heavy atom. The van der Waals surface area contributed by atoms with Crippen LogP contribution < -0.4 is 0 Å². The Morgan fingerprint density at radius 1 is 0.388 bits per heavy atom. The van der Waals surface area contributed by atoms with Gasteiger partial charge in [-0.3, -0.25) is 4.98 Å². The highest BCUT2D eigenvalue weighted by Gasteiger charge is 2.24. The molecule has 0 saturated carbocycles. The van der Waals surface area contributed by atoms with E-state index in [4.69, 9.17) is 20.6 Å². The number of aryl methyl sites for hydroxylation is 6. The van der Waals surface area contributed by atoms with Crippen LogP contribution in [0.5, 0.6) is 0 Å². The zero-order chi connectivity index (χ0) is 84.5. The molecule has 11 rings (SSSR count). The summed E-state index contributed by atoms with van der Waals surface area (Å²) in [6.45, 7) is 80.9. The van der Waals surface area contributed by atoms with Crippen molar-refractivity contribution in [2.75, 3.05) is 0 Å². The highest BCUT2D eigenvalue weighted by Crippen LogP contribution is 2.34. The Bertz CT molecular complexity index is 3750. The van der Waals surface area contributed by atoms with Crippen LogP contribution in [0.3, 0.4) is 0 Å². The summed E-state index contributed by atoms with van der Waals surface area (Å²) in [5.41, 5.74) is 8.67. The number of nitrogens with zero attached hydrogens (tertiary/aromatic N) is 9. The summed E-state index contributed by atoms with van der Waals surface area (Å²) in [4.78, 5) is 30.4. The van der Waals surface area contributed by atoms with E-state index in [0.717, 1.165) is 53.5 Å². The monoisotopic (exact) mass is 1760 g/mol. The Hall–Kier alpha value is -5.45. The lowest BCUT2D eigenvalue weighted by Crippen LogP contribution is -2.16. The molecule has 21 heteroatoms. The van der Waals surface area contributed by atoms with Gasteiger partial charge in [0.05, 0.1) is 37.6 Å². The number of aromatic nitrogens is 9. The fourth-order valence-corrected chi connectivity index (χ4v) is 14.3. The minimum absolute atomic E-state index is 0. The van der Waals surface area contributed by atoms with Crippen molar-refractivity contribution in [3.63, 3.8) is 0 Å². The fraction of sp³-hybridized carbons (Fsp3) is 0.600. The maximum atomic E-state index is 12.9. The van der Waals surface area contributed by atoms with E-state index < -0.39 is 0 Å². The molecule has 0 spiro atoms. The van der Waals surface area contributed by atoms with Crippen LogP contribution >= 0.6 is 91.0 Å². The Labute approximate surface area is 743 Å². The molecule has 11 aromatic rings. The molecule has 664 valence electrons. The fourth-order valence-electron chi connectivity index (χ4n) is 8.28. The number of halogens is 3. The largest absolute Gasteiger partial charge is 0.364 e. The second-order valence-corrected chi connectivity index (χ2v) is 45.6. The minimum atomic E-state index is -0.0927. The average molecular weight is 1760 g/mol. The molecule has 0 amide bonds. The minimum Gasteiger partial charge on any atom is -0.364 e. The van der Waals surface area contributed by atoms with E-state index in [9.17, 15) is 8.78 Å². The number of thiazole rings is 4. The smallest absolute Gasteiger partial charge is 0.176 e. The van der Waals surface area contributed by atoms with Crippen LogP contribution in [0.2, 0.25) is 4.34 Å². The van der Waals surface area contributed by atoms with Gasteiger partial charge >= 0.3 is 0 Å². The van der Waals surface area contributed by atoms with Gasteiger partial charge in [-0.1, -0.05) is 308 Å². The van der Waals surface area contributed by atoms with Crippen molar-refractivity contribution in [2.45, 2.75) is 375 Å². The molecule has 0 radical (unpaired) electrons. The highest BCUT2D eigenvalue weighted by molar-refractivity contribution is 7.16. The molecule has 0 atom stereocenters. The van der Waals surface area contributed by atoms with Crippen molar-refractivity contribution < 1.29 is 17.8 Å². The molecule has 0 aliphatic rings. The quantitative estimate of drug-likeness (QED) is 0.144. The third kappa shape index (κ3) is 49.9. The SMILES string of the molecule is C.C.C.C.C.C.C.CC(C)(C)c1ccc(F)s1.CC(C)(C)c1ccon1.CC(C)(C)c1ncc(Cl)s1.CC(C)(C)c1nccs1.CC(C)(C)c1sccc1F.Cc1cc(C(C)(C)C)no1.Cc1ccc(C(C)(C)C)nc1.Cc1cnc(C(C)(C)C)s1.Cc1csc(C(C)(C)C)c1.Cc1csc(C(C)(C)C)n1.Cn1ccnc1C(C)(C)C. The standard InChI is InChI=1S/C10H15N.C9H14S.2C8H11FS.C8H14N2.C8H13NO.2C8H13NS.C7H10ClNS.C7H11NO.C7H11NS.7CH4/c1-8-5-6-9(11-7-8)10(2,3)4;1-7-5-8(10-6-7)9(2,3)4;1-8(2,3)7-6(9)4-5-10-7;1-8(2,3)6-4-5-7(9)10-6;1-8(2,3)7-9-5-6-10(7)4;1-6-5-7(9-10-6)8(2,3)4;1-6-5-10-7(9-6)8(2,3)4;1-6-5-9-7(10-6)8(2,3)4;1-7(2,3)6-9-4-5(8)10-6;1-7(2,3)6-4-5-9-8-6;1-7(2,3)6-8-4-5-9-6;;;;;;;/h5-7H,1-4H3;5-6H,1-4H3;2*4-5H,1-3H3;5-6H,1-4H3;3*5H,1-4H3;4H,1-3H3;2*4-5H,1-3H3;7*1H4. The molecule has 11 heterocycles. The van der Waals surface area contributed by atoms with E-state index in [1.165, 1.54) is 70.7 Å². The van der Waals surface area contributed by atoms with Crippen LogP contribution in [0.4, 0.5) is 8.78 Å². The maximum Gasteiger partial charge on any atom is 0.176 e. The predicted molar refractivity (Wildman–Crippen MR) is 523 cm³/mol. The van der Waals surface area contributed by atoms with Gasteiger partial charge in [-0.05, 0) is 103 Å². The van der Waals surface area contributed by atoms with Gasteiger partial charge in [0.2, 0.25) is 0 Å². The molecule has 0 aliphatic heterocycles. The summed E-state index contributed by atoms with van der Waals surface area (Å²) in [7, 11) is 2.02. The number of hydrogen-bond donors (Lipinski definition) is 0. The zero-order valence-corrected chi connectivity index (χ0v) is 80.3. The molecular formula is C95H164ClF2N9O2S7. The molecule has 0 fully saturated rings. The second-order valence-electron chi connectivity index (χ2n) is 38.1. The molecule has 0 bridgehead atoms. The first-order chi connectivity index (χ1) is 49.2. The number of pyridine rings is 1. The van der Waals surface area contributed by atoms with E-state index in [0.29, 0.717) is 5.41 Å². The topological polar surface area (TPSA) is 134 Å². The van der Waals surface area contributed by atoms with Gasteiger partial charge in [-0.15, -0.1) is 79.4 Å². The van der Waals surface area contributed by atoms with Crippen molar-refractivity contribution in [3.05, 3.63) is 214 Å². The van der Waals surface area contributed by atoms with E-state index in [1.54, 1.807) is 63.2 Å². The van der Waals surface area contributed by atoms with E-state index in [1.807, 2.05) is 108 Å². The van der Waals surface area contributed by atoms with Gasteiger partial charge in [-0.25, -0.2) is 29.3 Å². The molecule has 0 unspecified atom stereocenters. The van der Waals surface area contributed by atoms with Crippen LogP contribution in [0.15, 0.2) is 123 Å². The van der Waals surface area contributed by atoms with Crippen molar-refractivity contribution in [1.82, 2.24) is 44.8 Å². The van der Waals surface area contributed by atoms with Crippen molar-refractivity contribution in [2.24, 2.45) is 7.05 Å². The van der Waals surface area contributed by atoms with Crippen LogP contribution in [0.1, 0.15) is 365 Å². The normalized spacial score (nSPS) is 11.2. The lowest BCUT2D eigenvalue weighted by atomic mass is 9.91. The lowest BCUT2D eigenvalue weighted by molar-refractivity contribution is 0.375. The first kappa shape index (κ1) is 124. The molecular weight excluding hydrogens is 1600 g/mol. The predicted octanol–water partition coefficient (Wildman–Crippen LogP) is 33.9. The Balaban J connectivity index is -0.000000224. The number of imidazole rings is 1. The third-order valence-corrected chi connectivity index (χ3v) is 24.1. The van der Waals surface area contributed by atoms with Crippen LogP contribution in [-0.2, 0) is 66.6 Å². The molecule has 11 aromatic heterocycles. The second kappa shape index (κ2) is 52.7. The van der Waals surface area contributed by atoms with Gasteiger partial charge in [0.1, 0.15) is 28.0 Å². The first-order valence-corrected chi connectivity index (χ1v) is 43.3. The van der Waals surface area contributed by atoms with Gasteiger partial charge < -0.3 is 13.6 Å². The summed E-state index contributed by atoms with van der Waals surface area (Å²) >= 11 is 17.1. The third-order valence-electron chi connectivity index (χ3n) is 14.6. The summed E-state index contributed by atoms with van der Waals surface area (Å²) in [5, 5.41) is 20.5. The molecule has 0 aromatic carbocycles. The van der Waals surface area contributed by atoms with Crippen LogP contribution in [-0.4, -0.2) is 44.8 Å². The van der Waals surface area contributed by atoms with E-state index >= 15 is 0 Å². The summed E-state index contributed by atoms with van der Waals surface area (Å²) in [6, 6.07) is 15.2. The van der Waals surface area contributed by atoms with E-state index in [-0.39, 0.29) is 117 Å². The summed E-state index contributed by atoms with van der Waals surface area (Å²) in [6.07, 6.45) is 12.8. The molecule has 0 N–H and O–H groups in total. The van der Waals surface area contributed by atoms with Gasteiger partial charge in [0.25, 0.3) is 0 Å².